The number of anilines is 1. The lowest BCUT2D eigenvalue weighted by molar-refractivity contribution is -0.137. The number of carbonyl (C=O) groups excluding carboxylic acids is 1. The van der Waals surface area contributed by atoms with Gasteiger partial charge in [0.1, 0.15) is 5.69 Å². The fourth-order valence-corrected chi connectivity index (χ4v) is 3.01. The maximum absolute atomic E-state index is 12.9. The Morgan fingerprint density at radius 1 is 1.20 bits per heavy atom. The smallest absolute Gasteiger partial charge is 0.418 e. The molecule has 1 aromatic carbocycles. The highest BCUT2D eigenvalue weighted by molar-refractivity contribution is 7.15. The minimum atomic E-state index is -4.53. The summed E-state index contributed by atoms with van der Waals surface area (Å²) < 4.78 is 44.1. The summed E-state index contributed by atoms with van der Waals surface area (Å²) in [7, 11) is 0. The van der Waals surface area contributed by atoms with Crippen molar-refractivity contribution in [2.45, 2.75) is 13.1 Å². The van der Waals surface area contributed by atoms with Crippen molar-refractivity contribution in [3.8, 4) is 10.8 Å². The number of aromatic nitrogens is 1. The number of hydrogen-bond acceptors (Lipinski definition) is 5. The summed E-state index contributed by atoms with van der Waals surface area (Å²) in [4.78, 5) is 17.0. The number of alkyl halides is 3. The molecule has 0 spiro atoms. The zero-order valence-corrected chi connectivity index (χ0v) is 13.7. The molecule has 25 heavy (non-hydrogen) atoms. The molecule has 0 radical (unpaired) electrons. The number of para-hydroxylation sites is 1. The Morgan fingerprint density at radius 3 is 2.64 bits per heavy atom. The predicted octanol–water partition coefficient (Wildman–Crippen LogP) is 4.49. The highest BCUT2D eigenvalue weighted by Crippen LogP contribution is 2.34. The van der Waals surface area contributed by atoms with Gasteiger partial charge in [0.25, 0.3) is 5.91 Å². The summed E-state index contributed by atoms with van der Waals surface area (Å²) in [6, 6.07) is 8.27. The second kappa shape index (κ2) is 6.60. The first-order valence-electron chi connectivity index (χ1n) is 7.10. The molecule has 5 nitrogen and oxygen atoms in total. The van der Waals surface area contributed by atoms with E-state index in [4.69, 9.17) is 4.42 Å². The Bertz CT molecular complexity index is 888. The van der Waals surface area contributed by atoms with Gasteiger partial charge >= 0.3 is 6.18 Å². The number of nitrogens with zero attached hydrogens (tertiary/aromatic N) is 1. The van der Waals surface area contributed by atoms with Crippen LogP contribution < -0.4 is 10.9 Å². The van der Waals surface area contributed by atoms with Gasteiger partial charge in [0.15, 0.2) is 10.8 Å². The number of thiazole rings is 1. The molecule has 0 fully saturated rings. The zero-order chi connectivity index (χ0) is 18.0. The molecule has 0 aliphatic heterocycles. The molecule has 0 aliphatic rings. The molecule has 2 N–H and O–H groups in total. The molecule has 0 saturated carbocycles. The number of amides is 1. The highest BCUT2D eigenvalue weighted by Gasteiger charge is 2.33. The molecule has 130 valence electrons. The second-order valence-electron chi connectivity index (χ2n) is 5.02. The molecule has 1 amide bonds. The van der Waals surface area contributed by atoms with Gasteiger partial charge in [-0.15, -0.1) is 11.3 Å². The fourth-order valence-electron chi connectivity index (χ4n) is 2.14. The number of furan rings is 1. The monoisotopic (exact) mass is 367 g/mol. The molecule has 0 unspecified atom stereocenters. The Hall–Kier alpha value is -2.81. The van der Waals surface area contributed by atoms with Crippen LogP contribution in [0.15, 0.2) is 47.1 Å². The number of aryl methyl sites for hydroxylation is 1. The van der Waals surface area contributed by atoms with Crippen LogP contribution in [-0.4, -0.2) is 10.9 Å². The van der Waals surface area contributed by atoms with Gasteiger partial charge in [0.2, 0.25) is 0 Å². The maximum Gasteiger partial charge on any atom is 0.418 e. The average Bonchev–Trinajstić information content (AvgIpc) is 3.21. The first-order chi connectivity index (χ1) is 11.9. The second-order valence-corrected chi connectivity index (χ2v) is 6.23. The van der Waals surface area contributed by atoms with Crippen molar-refractivity contribution in [1.82, 2.24) is 10.4 Å². The van der Waals surface area contributed by atoms with Crippen LogP contribution in [0.5, 0.6) is 0 Å². The lowest BCUT2D eigenvalue weighted by Crippen LogP contribution is -2.31. The SMILES string of the molecule is Cc1sc(-c2ccco2)nc1C(=O)NNc1ccccc1C(F)(F)F. The predicted molar refractivity (Wildman–Crippen MR) is 87.1 cm³/mol. The Balaban J connectivity index is 1.76. The Morgan fingerprint density at radius 2 is 1.96 bits per heavy atom. The van der Waals surface area contributed by atoms with Crippen molar-refractivity contribution >= 4 is 22.9 Å². The molecule has 2 heterocycles. The van der Waals surface area contributed by atoms with Crippen LogP contribution in [0, 0.1) is 6.92 Å². The third kappa shape index (κ3) is 3.66. The van der Waals surface area contributed by atoms with Crippen molar-refractivity contribution in [1.29, 1.82) is 0 Å². The zero-order valence-electron chi connectivity index (χ0n) is 12.8. The summed E-state index contributed by atoms with van der Waals surface area (Å²) in [5, 5.41) is 0.517. The number of hydrazine groups is 1. The van der Waals surface area contributed by atoms with E-state index < -0.39 is 17.6 Å². The van der Waals surface area contributed by atoms with E-state index in [9.17, 15) is 18.0 Å². The van der Waals surface area contributed by atoms with E-state index in [0.29, 0.717) is 15.6 Å². The number of nitrogens with one attached hydrogen (secondary N) is 2. The summed E-state index contributed by atoms with van der Waals surface area (Å²) in [6.45, 7) is 1.70. The number of hydrogen-bond donors (Lipinski definition) is 2. The van der Waals surface area contributed by atoms with Crippen LogP contribution in [-0.2, 0) is 6.18 Å². The molecule has 2 aromatic heterocycles. The van der Waals surface area contributed by atoms with Crippen LogP contribution in [0.3, 0.4) is 0 Å². The molecule has 9 heteroatoms. The van der Waals surface area contributed by atoms with Gasteiger partial charge in [-0.1, -0.05) is 12.1 Å². The minimum Gasteiger partial charge on any atom is -0.462 e. The van der Waals surface area contributed by atoms with E-state index >= 15 is 0 Å². The van der Waals surface area contributed by atoms with E-state index in [1.165, 1.54) is 35.8 Å². The van der Waals surface area contributed by atoms with E-state index in [0.717, 1.165) is 6.07 Å². The van der Waals surface area contributed by atoms with Gasteiger partial charge in [-0.2, -0.15) is 13.2 Å². The lowest BCUT2D eigenvalue weighted by atomic mass is 10.2. The van der Waals surface area contributed by atoms with Crippen molar-refractivity contribution < 1.29 is 22.4 Å². The molecule has 3 aromatic rings. The molecule has 0 bridgehead atoms. The van der Waals surface area contributed by atoms with Crippen molar-refractivity contribution in [2.75, 3.05) is 5.43 Å². The number of rotatable bonds is 4. The Kier molecular flexibility index (Phi) is 4.49. The lowest BCUT2D eigenvalue weighted by Gasteiger charge is -2.14. The quantitative estimate of drug-likeness (QED) is 0.667. The molecule has 3 rings (SSSR count). The van der Waals surface area contributed by atoms with Gasteiger partial charge < -0.3 is 4.42 Å². The van der Waals surface area contributed by atoms with Gasteiger partial charge in [-0.3, -0.25) is 15.6 Å². The van der Waals surface area contributed by atoms with E-state index in [2.05, 4.69) is 15.8 Å². The molecule has 0 saturated heterocycles. The highest BCUT2D eigenvalue weighted by atomic mass is 32.1. The largest absolute Gasteiger partial charge is 0.462 e. The van der Waals surface area contributed by atoms with Crippen molar-refractivity contribution in [3.05, 3.63) is 58.8 Å². The van der Waals surface area contributed by atoms with Crippen LogP contribution in [0.25, 0.3) is 10.8 Å². The first-order valence-corrected chi connectivity index (χ1v) is 7.92. The molecule has 0 aliphatic carbocycles. The molecule has 0 atom stereocenters. The summed E-state index contributed by atoms with van der Waals surface area (Å²) in [5.41, 5.74) is 3.56. The van der Waals surface area contributed by atoms with Crippen LogP contribution in [0.1, 0.15) is 20.9 Å². The van der Waals surface area contributed by atoms with Crippen LogP contribution >= 0.6 is 11.3 Å². The van der Waals surface area contributed by atoms with E-state index in [1.54, 1.807) is 19.1 Å². The summed E-state index contributed by atoms with van der Waals surface area (Å²) in [5.74, 6) is -0.119. The van der Waals surface area contributed by atoms with Gasteiger partial charge in [0.05, 0.1) is 17.5 Å². The third-order valence-corrected chi connectivity index (χ3v) is 4.27. The molecular weight excluding hydrogens is 355 g/mol. The third-order valence-electron chi connectivity index (χ3n) is 3.29. The summed E-state index contributed by atoms with van der Waals surface area (Å²) >= 11 is 1.26. The number of carbonyl (C=O) groups is 1. The topological polar surface area (TPSA) is 67.2 Å². The van der Waals surface area contributed by atoms with Crippen molar-refractivity contribution in [3.63, 3.8) is 0 Å². The van der Waals surface area contributed by atoms with Crippen LogP contribution in [0.4, 0.5) is 18.9 Å². The number of halogens is 3. The van der Waals surface area contributed by atoms with E-state index in [1.807, 2.05) is 0 Å². The normalized spacial score (nSPS) is 11.4. The van der Waals surface area contributed by atoms with Gasteiger partial charge in [0, 0.05) is 4.88 Å². The fraction of sp³-hybridized carbons (Fsp3) is 0.125. The van der Waals surface area contributed by atoms with Crippen molar-refractivity contribution in [2.24, 2.45) is 0 Å². The van der Waals surface area contributed by atoms with E-state index in [-0.39, 0.29) is 11.4 Å². The molecular formula is C16H12F3N3O2S. The minimum absolute atomic E-state index is 0.119. The maximum atomic E-state index is 12.9. The van der Waals surface area contributed by atoms with Gasteiger partial charge in [-0.05, 0) is 31.2 Å². The first kappa shape index (κ1) is 17.0. The standard InChI is InChI=1S/C16H12F3N3O2S/c1-9-13(20-15(25-9)12-7-4-8-24-12)14(23)22-21-11-6-3-2-5-10(11)16(17,18)19/h2-8,21H,1H3,(H,22,23). The average molecular weight is 367 g/mol. The Labute approximate surface area is 144 Å². The van der Waals surface area contributed by atoms with Gasteiger partial charge in [-0.25, -0.2) is 4.98 Å². The summed E-state index contributed by atoms with van der Waals surface area (Å²) in [6.07, 6.45) is -3.04. The number of benzene rings is 1. The van der Waals surface area contributed by atoms with Crippen LogP contribution in [0.2, 0.25) is 0 Å².